The van der Waals surface area contributed by atoms with Crippen molar-refractivity contribution >= 4 is 30.7 Å². The smallest absolute Gasteiger partial charge is 0.352 e. The molecule has 1 saturated heterocycles. The number of aromatic nitrogens is 4. The van der Waals surface area contributed by atoms with Crippen LogP contribution in [0.2, 0.25) is 0 Å². The van der Waals surface area contributed by atoms with E-state index in [-0.39, 0.29) is 24.8 Å². The number of phosphoric ester groups is 1. The number of hydrogen-bond donors (Lipinski definition) is 2. The average Bonchev–Trinajstić information content (AvgIpc) is 3.40. The summed E-state index contributed by atoms with van der Waals surface area (Å²) in [6.07, 6.45) is 3.42. The third kappa shape index (κ3) is 4.40. The minimum atomic E-state index is -4.05. The molecule has 1 aliphatic rings. The predicted octanol–water partition coefficient (Wildman–Crippen LogP) is 2.52. The zero-order valence-electron chi connectivity index (χ0n) is 16.0. The number of nitrogens with zero attached hydrogens (tertiary/aromatic N) is 4. The molecule has 2 N–H and O–H groups in total. The quantitative estimate of drug-likeness (QED) is 0.538. The number of imidazole rings is 1. The van der Waals surface area contributed by atoms with E-state index in [0.29, 0.717) is 35.4 Å². The summed E-state index contributed by atoms with van der Waals surface area (Å²) in [5, 5.41) is 2.76. The summed E-state index contributed by atoms with van der Waals surface area (Å²) in [6.45, 7) is -0.0713. The zero-order chi connectivity index (χ0) is 21.1. The van der Waals surface area contributed by atoms with Gasteiger partial charge in [-0.15, -0.1) is 0 Å². The van der Waals surface area contributed by atoms with Gasteiger partial charge in [0.05, 0.1) is 19.0 Å². The molecule has 2 aromatic heterocycles. The maximum atomic E-state index is 12.4. The van der Waals surface area contributed by atoms with Crippen LogP contribution in [0.25, 0.3) is 11.2 Å². The molecule has 0 spiro atoms. The Labute approximate surface area is 171 Å². The van der Waals surface area contributed by atoms with Gasteiger partial charge in [-0.25, -0.2) is 19.5 Å². The van der Waals surface area contributed by atoms with Crippen molar-refractivity contribution in [3.8, 4) is 0 Å². The summed E-state index contributed by atoms with van der Waals surface area (Å²) in [7, 11) is -2.95. The average molecular weight is 433 g/mol. The number of carbonyl (C=O) groups is 1. The van der Waals surface area contributed by atoms with Crippen LogP contribution in [0.5, 0.6) is 0 Å². The number of amides is 1. The highest BCUT2D eigenvalue weighted by Crippen LogP contribution is 2.43. The lowest BCUT2D eigenvalue weighted by Gasteiger charge is -2.16. The summed E-state index contributed by atoms with van der Waals surface area (Å²) in [5.41, 5.74) is 1.44. The van der Waals surface area contributed by atoms with Gasteiger partial charge in [0.15, 0.2) is 17.0 Å². The van der Waals surface area contributed by atoms with E-state index in [1.165, 1.54) is 6.33 Å². The molecule has 158 valence electrons. The molecule has 1 unspecified atom stereocenters. The van der Waals surface area contributed by atoms with Crippen LogP contribution < -0.4 is 5.32 Å². The fraction of sp³-hybridized carbons (Fsp3) is 0.333. The van der Waals surface area contributed by atoms with Crippen LogP contribution in [0.1, 0.15) is 29.4 Å². The van der Waals surface area contributed by atoms with Crippen LogP contribution in [0.15, 0.2) is 43.0 Å². The van der Waals surface area contributed by atoms with Gasteiger partial charge in [0, 0.05) is 12.7 Å². The minimum absolute atomic E-state index is 0.0713. The van der Waals surface area contributed by atoms with E-state index < -0.39 is 7.82 Å². The standard InChI is InChI=1S/C18H20N5O6P/c1-27-30(25,26)28-9-13-7-8-14(29-13)23-11-21-15-16(19-10-20-17(15)23)22-18(24)12-5-3-2-4-6-12/h2-6,10-11,13-14H,7-9H2,1H3,(H,25,26)(H,19,20,22,24)/t13-,14+/m0/s1. The number of carbonyl (C=O) groups excluding carboxylic acids is 1. The fourth-order valence-corrected chi connectivity index (χ4v) is 3.63. The third-order valence-corrected chi connectivity index (χ3v) is 5.61. The topological polar surface area (TPSA) is 138 Å². The van der Waals surface area contributed by atoms with Crippen LogP contribution in [0, 0.1) is 0 Å². The summed E-state index contributed by atoms with van der Waals surface area (Å²) < 4.78 is 28.4. The van der Waals surface area contributed by atoms with Gasteiger partial charge in [-0.1, -0.05) is 18.2 Å². The Bertz CT molecular complexity index is 1090. The van der Waals surface area contributed by atoms with E-state index in [1.807, 2.05) is 6.07 Å². The van der Waals surface area contributed by atoms with Gasteiger partial charge >= 0.3 is 7.82 Å². The van der Waals surface area contributed by atoms with Gasteiger partial charge in [-0.2, -0.15) is 0 Å². The second kappa shape index (κ2) is 8.58. The second-order valence-electron chi connectivity index (χ2n) is 6.60. The summed E-state index contributed by atoms with van der Waals surface area (Å²) in [4.78, 5) is 34.5. The van der Waals surface area contributed by atoms with Crippen LogP contribution in [-0.2, 0) is 18.3 Å². The lowest BCUT2D eigenvalue weighted by atomic mass is 10.2. The van der Waals surface area contributed by atoms with Crippen LogP contribution >= 0.6 is 7.82 Å². The highest BCUT2D eigenvalue weighted by atomic mass is 31.2. The summed E-state index contributed by atoms with van der Waals surface area (Å²) in [6, 6.07) is 8.79. The Hall–Kier alpha value is -2.69. The van der Waals surface area contributed by atoms with Crippen LogP contribution in [-0.4, -0.2) is 50.1 Å². The van der Waals surface area contributed by atoms with Gasteiger partial charge < -0.3 is 14.9 Å². The van der Waals surface area contributed by atoms with E-state index >= 15 is 0 Å². The molecule has 3 aromatic rings. The number of ether oxygens (including phenoxy) is 1. The van der Waals surface area contributed by atoms with Gasteiger partial charge in [0.1, 0.15) is 12.6 Å². The minimum Gasteiger partial charge on any atom is -0.352 e. The van der Waals surface area contributed by atoms with E-state index in [1.54, 1.807) is 35.2 Å². The second-order valence-corrected chi connectivity index (χ2v) is 8.16. The van der Waals surface area contributed by atoms with Crippen molar-refractivity contribution in [1.29, 1.82) is 0 Å². The predicted molar refractivity (Wildman–Crippen MR) is 106 cm³/mol. The van der Waals surface area contributed by atoms with Crippen molar-refractivity contribution in [3.05, 3.63) is 48.5 Å². The number of anilines is 1. The van der Waals surface area contributed by atoms with Gasteiger partial charge in [-0.05, 0) is 25.0 Å². The molecule has 12 heteroatoms. The number of nitrogens with one attached hydrogen (secondary N) is 1. The van der Waals surface area contributed by atoms with E-state index in [0.717, 1.165) is 7.11 Å². The Balaban J connectivity index is 1.48. The number of fused-ring (bicyclic) bond motifs is 1. The Morgan fingerprint density at radius 3 is 2.87 bits per heavy atom. The zero-order valence-corrected chi connectivity index (χ0v) is 16.9. The van der Waals surface area contributed by atoms with Crippen LogP contribution in [0.3, 0.4) is 0 Å². The van der Waals surface area contributed by atoms with Crippen molar-refractivity contribution in [2.45, 2.75) is 25.2 Å². The number of phosphoric acid groups is 1. The van der Waals surface area contributed by atoms with Gasteiger partial charge in [-0.3, -0.25) is 18.4 Å². The van der Waals surface area contributed by atoms with E-state index in [4.69, 9.17) is 9.26 Å². The Morgan fingerprint density at radius 1 is 1.30 bits per heavy atom. The van der Waals surface area contributed by atoms with Crippen molar-refractivity contribution < 1.29 is 28.0 Å². The molecule has 0 aliphatic carbocycles. The highest BCUT2D eigenvalue weighted by Gasteiger charge is 2.31. The van der Waals surface area contributed by atoms with Crippen molar-refractivity contribution in [3.63, 3.8) is 0 Å². The van der Waals surface area contributed by atoms with E-state index in [9.17, 15) is 14.3 Å². The molecule has 4 rings (SSSR count). The normalized spacial score (nSPS) is 20.9. The first-order chi connectivity index (χ1) is 14.5. The molecule has 0 saturated carbocycles. The molecular formula is C18H20N5O6P. The Morgan fingerprint density at radius 2 is 2.10 bits per heavy atom. The molecule has 1 amide bonds. The van der Waals surface area contributed by atoms with Crippen LogP contribution in [0.4, 0.5) is 5.82 Å². The maximum Gasteiger partial charge on any atom is 0.472 e. The molecule has 30 heavy (non-hydrogen) atoms. The largest absolute Gasteiger partial charge is 0.472 e. The number of rotatable bonds is 7. The SMILES string of the molecule is COP(=O)(O)OC[C@@H]1CC[C@H](n2cnc3c(NC(=O)c4ccccc4)ncnc32)O1. The first-order valence-corrected chi connectivity index (χ1v) is 10.7. The van der Waals surface area contributed by atoms with Gasteiger partial charge in [0.2, 0.25) is 0 Å². The molecule has 3 heterocycles. The van der Waals surface area contributed by atoms with Crippen molar-refractivity contribution in [1.82, 2.24) is 19.5 Å². The first kappa shape index (κ1) is 20.6. The molecule has 0 radical (unpaired) electrons. The van der Waals surface area contributed by atoms with Crippen molar-refractivity contribution in [2.24, 2.45) is 0 Å². The molecular weight excluding hydrogens is 413 g/mol. The molecule has 3 atom stereocenters. The molecule has 1 fully saturated rings. The monoisotopic (exact) mass is 433 g/mol. The maximum absolute atomic E-state index is 12.4. The molecule has 1 aliphatic heterocycles. The summed E-state index contributed by atoms with van der Waals surface area (Å²) in [5.74, 6) is -0.00199. The molecule has 1 aromatic carbocycles. The first-order valence-electron chi connectivity index (χ1n) is 9.19. The molecule has 11 nitrogen and oxygen atoms in total. The van der Waals surface area contributed by atoms with Crippen molar-refractivity contribution in [2.75, 3.05) is 19.0 Å². The number of benzene rings is 1. The third-order valence-electron chi connectivity index (χ3n) is 4.68. The van der Waals surface area contributed by atoms with E-state index in [2.05, 4.69) is 24.8 Å². The lowest BCUT2D eigenvalue weighted by Crippen LogP contribution is -2.16. The number of hydrogen-bond acceptors (Lipinski definition) is 8. The fourth-order valence-electron chi connectivity index (χ4n) is 3.17. The van der Waals surface area contributed by atoms with Gasteiger partial charge in [0.25, 0.3) is 5.91 Å². The Kier molecular flexibility index (Phi) is 5.89. The summed E-state index contributed by atoms with van der Waals surface area (Å²) >= 11 is 0. The molecule has 0 bridgehead atoms. The highest BCUT2D eigenvalue weighted by molar-refractivity contribution is 7.47. The lowest BCUT2D eigenvalue weighted by molar-refractivity contribution is -0.0213.